The van der Waals surface area contributed by atoms with Crippen molar-refractivity contribution in [2.24, 2.45) is 0 Å². The van der Waals surface area contributed by atoms with Crippen molar-refractivity contribution in [3.8, 4) is 5.75 Å². The molecule has 1 aliphatic heterocycles. The number of carbonyl (C=O) groups excluding carboxylic acids is 2. The van der Waals surface area contributed by atoms with Crippen LogP contribution in [0.4, 0.5) is 4.79 Å². The number of imide groups is 1. The first-order chi connectivity index (χ1) is 9.56. The van der Waals surface area contributed by atoms with E-state index >= 15 is 0 Å². The second kappa shape index (κ2) is 5.92. The molecule has 1 fully saturated rings. The molecule has 1 atom stereocenters. The molecule has 1 saturated heterocycles. The number of hydrogen-bond donors (Lipinski definition) is 1. The number of ether oxygens (including phenoxy) is 1. The standard InChI is InChI=1S/C14H19N3O3/c1-15-12(10-5-4-6-11(7-10)20-3)8-17-13(18)9-16(2)14(17)19/h4-7,12,15H,8-9H2,1-3H3. The van der Waals surface area contributed by atoms with Crippen molar-refractivity contribution < 1.29 is 14.3 Å². The predicted molar refractivity (Wildman–Crippen MR) is 74.5 cm³/mol. The van der Waals surface area contributed by atoms with Crippen molar-refractivity contribution in [3.05, 3.63) is 29.8 Å². The van der Waals surface area contributed by atoms with Crippen molar-refractivity contribution in [2.75, 3.05) is 34.3 Å². The van der Waals surface area contributed by atoms with E-state index < -0.39 is 0 Å². The monoisotopic (exact) mass is 277 g/mol. The van der Waals surface area contributed by atoms with E-state index in [0.717, 1.165) is 11.3 Å². The molecule has 1 aromatic carbocycles. The van der Waals surface area contributed by atoms with Gasteiger partial charge in [-0.05, 0) is 24.7 Å². The summed E-state index contributed by atoms with van der Waals surface area (Å²) in [5, 5.41) is 3.13. The summed E-state index contributed by atoms with van der Waals surface area (Å²) in [4.78, 5) is 26.4. The maximum Gasteiger partial charge on any atom is 0.327 e. The fraction of sp³-hybridized carbons (Fsp3) is 0.429. The second-order valence-electron chi connectivity index (χ2n) is 4.76. The van der Waals surface area contributed by atoms with Crippen LogP contribution in [0.3, 0.4) is 0 Å². The summed E-state index contributed by atoms with van der Waals surface area (Å²) in [5.41, 5.74) is 0.974. The SMILES string of the molecule is CNC(CN1C(=O)CN(C)C1=O)c1cccc(OC)c1. The van der Waals surface area contributed by atoms with Crippen molar-refractivity contribution in [1.29, 1.82) is 0 Å². The van der Waals surface area contributed by atoms with Crippen LogP contribution in [0.15, 0.2) is 24.3 Å². The average molecular weight is 277 g/mol. The number of benzene rings is 1. The van der Waals surface area contributed by atoms with Crippen LogP contribution in [0.2, 0.25) is 0 Å². The minimum atomic E-state index is -0.252. The molecule has 0 spiro atoms. The number of rotatable bonds is 5. The summed E-state index contributed by atoms with van der Waals surface area (Å²) in [5.74, 6) is 0.583. The molecule has 1 N–H and O–H groups in total. The molecule has 1 heterocycles. The summed E-state index contributed by atoms with van der Waals surface area (Å²) < 4.78 is 5.20. The van der Waals surface area contributed by atoms with E-state index in [1.54, 1.807) is 21.2 Å². The van der Waals surface area contributed by atoms with Crippen molar-refractivity contribution >= 4 is 11.9 Å². The van der Waals surface area contributed by atoms with Gasteiger partial charge in [-0.25, -0.2) is 4.79 Å². The van der Waals surface area contributed by atoms with Gasteiger partial charge in [0.25, 0.3) is 0 Å². The van der Waals surface area contributed by atoms with Gasteiger partial charge in [0.2, 0.25) is 5.91 Å². The highest BCUT2D eigenvalue weighted by Gasteiger charge is 2.34. The van der Waals surface area contributed by atoms with Crippen molar-refractivity contribution in [2.45, 2.75) is 6.04 Å². The van der Waals surface area contributed by atoms with Crippen LogP contribution >= 0.6 is 0 Å². The Kier molecular flexibility index (Phi) is 4.24. The fourth-order valence-electron chi connectivity index (χ4n) is 2.25. The molecule has 2 rings (SSSR count). The summed E-state index contributed by atoms with van der Waals surface area (Å²) in [7, 11) is 5.04. The highest BCUT2D eigenvalue weighted by atomic mass is 16.5. The largest absolute Gasteiger partial charge is 0.497 e. The molecular formula is C14H19N3O3. The highest BCUT2D eigenvalue weighted by molar-refractivity contribution is 6.01. The molecule has 108 valence electrons. The van der Waals surface area contributed by atoms with E-state index in [-0.39, 0.29) is 24.5 Å². The third kappa shape index (κ3) is 2.75. The summed E-state index contributed by atoms with van der Waals surface area (Å²) in [6.07, 6.45) is 0. The number of nitrogens with zero attached hydrogens (tertiary/aromatic N) is 2. The molecule has 0 bridgehead atoms. The van der Waals surface area contributed by atoms with Crippen LogP contribution < -0.4 is 10.1 Å². The lowest BCUT2D eigenvalue weighted by Gasteiger charge is -2.22. The summed E-state index contributed by atoms with van der Waals surface area (Å²) >= 11 is 0. The third-order valence-electron chi connectivity index (χ3n) is 3.44. The van der Waals surface area contributed by atoms with Gasteiger partial charge in [-0.15, -0.1) is 0 Å². The minimum absolute atomic E-state index is 0.121. The maximum absolute atomic E-state index is 11.9. The normalized spacial score (nSPS) is 16.8. The van der Waals surface area contributed by atoms with E-state index in [0.29, 0.717) is 6.54 Å². The molecule has 6 heteroatoms. The Hall–Kier alpha value is -2.08. The lowest BCUT2D eigenvalue weighted by Crippen LogP contribution is -2.38. The van der Waals surface area contributed by atoms with E-state index in [1.807, 2.05) is 24.3 Å². The van der Waals surface area contributed by atoms with Gasteiger partial charge in [0.05, 0.1) is 13.2 Å². The second-order valence-corrected chi connectivity index (χ2v) is 4.76. The van der Waals surface area contributed by atoms with E-state index in [9.17, 15) is 9.59 Å². The number of amides is 3. The van der Waals surface area contributed by atoms with Crippen LogP contribution in [0, 0.1) is 0 Å². The van der Waals surface area contributed by atoms with Crippen LogP contribution in [0.1, 0.15) is 11.6 Å². The molecule has 6 nitrogen and oxygen atoms in total. The topological polar surface area (TPSA) is 61.9 Å². The van der Waals surface area contributed by atoms with Gasteiger partial charge in [-0.3, -0.25) is 9.69 Å². The van der Waals surface area contributed by atoms with E-state index in [1.165, 1.54) is 9.80 Å². The highest BCUT2D eigenvalue weighted by Crippen LogP contribution is 2.21. The molecule has 3 amide bonds. The minimum Gasteiger partial charge on any atom is -0.497 e. The molecule has 0 aliphatic carbocycles. The maximum atomic E-state index is 11.9. The third-order valence-corrected chi connectivity index (χ3v) is 3.44. The molecule has 1 aliphatic rings. The zero-order valence-electron chi connectivity index (χ0n) is 11.9. The Balaban J connectivity index is 2.16. The molecule has 0 saturated carbocycles. The first-order valence-corrected chi connectivity index (χ1v) is 6.43. The molecule has 0 aromatic heterocycles. The Morgan fingerprint density at radius 2 is 2.15 bits per heavy atom. The molecule has 0 radical (unpaired) electrons. The van der Waals surface area contributed by atoms with Crippen LogP contribution in [0.25, 0.3) is 0 Å². The summed E-state index contributed by atoms with van der Waals surface area (Å²) in [6.45, 7) is 0.457. The van der Waals surface area contributed by atoms with Gasteiger partial charge < -0.3 is 15.0 Å². The molecule has 1 aromatic rings. The van der Waals surface area contributed by atoms with Crippen molar-refractivity contribution in [3.63, 3.8) is 0 Å². The number of nitrogens with one attached hydrogen (secondary N) is 1. The van der Waals surface area contributed by atoms with Gasteiger partial charge in [0.15, 0.2) is 0 Å². The molecule has 20 heavy (non-hydrogen) atoms. The number of hydrogen-bond acceptors (Lipinski definition) is 4. The number of likely N-dealkylation sites (N-methyl/N-ethyl adjacent to an activating group) is 2. The Morgan fingerprint density at radius 1 is 1.40 bits per heavy atom. The van der Waals surface area contributed by atoms with Crippen LogP contribution in [0.5, 0.6) is 5.75 Å². The number of methoxy groups -OCH3 is 1. The lowest BCUT2D eigenvalue weighted by atomic mass is 10.1. The fourth-order valence-corrected chi connectivity index (χ4v) is 2.25. The van der Waals surface area contributed by atoms with Gasteiger partial charge in [-0.1, -0.05) is 12.1 Å². The van der Waals surface area contributed by atoms with E-state index in [2.05, 4.69) is 5.32 Å². The number of carbonyl (C=O) groups is 2. The van der Waals surface area contributed by atoms with Crippen LogP contribution in [-0.2, 0) is 4.79 Å². The zero-order valence-corrected chi connectivity index (χ0v) is 11.9. The number of urea groups is 1. The van der Waals surface area contributed by atoms with E-state index in [4.69, 9.17) is 4.74 Å². The van der Waals surface area contributed by atoms with Gasteiger partial charge in [-0.2, -0.15) is 0 Å². The predicted octanol–water partition coefficient (Wildman–Crippen LogP) is 0.850. The van der Waals surface area contributed by atoms with Gasteiger partial charge >= 0.3 is 6.03 Å². The first kappa shape index (κ1) is 14.3. The summed E-state index contributed by atoms with van der Waals surface area (Å²) in [6, 6.07) is 7.21. The van der Waals surface area contributed by atoms with Crippen LogP contribution in [-0.4, -0.2) is 56.0 Å². The van der Waals surface area contributed by atoms with Gasteiger partial charge in [0.1, 0.15) is 12.3 Å². The molecule has 1 unspecified atom stereocenters. The van der Waals surface area contributed by atoms with Crippen molar-refractivity contribution in [1.82, 2.24) is 15.1 Å². The van der Waals surface area contributed by atoms with Gasteiger partial charge in [0, 0.05) is 13.6 Å². The smallest absolute Gasteiger partial charge is 0.327 e. The quantitative estimate of drug-likeness (QED) is 0.811. The average Bonchev–Trinajstić information content (AvgIpc) is 2.70. The Bertz CT molecular complexity index is 518. The Morgan fingerprint density at radius 3 is 2.70 bits per heavy atom. The first-order valence-electron chi connectivity index (χ1n) is 6.43. The lowest BCUT2D eigenvalue weighted by molar-refractivity contribution is -0.125. The zero-order chi connectivity index (χ0) is 14.7. The molecular weight excluding hydrogens is 258 g/mol. The Labute approximate surface area is 118 Å².